The largest absolute Gasteiger partial charge is 0.492 e. The molecular weight excluding hydrogens is 318 g/mol. The zero-order valence-corrected chi connectivity index (χ0v) is 14.5. The van der Waals surface area contributed by atoms with E-state index in [4.69, 9.17) is 9.47 Å². The minimum atomic E-state index is -0.131. The van der Waals surface area contributed by atoms with Crippen molar-refractivity contribution in [3.05, 3.63) is 46.8 Å². The first-order valence-corrected chi connectivity index (χ1v) is 8.37. The molecule has 6 nitrogen and oxygen atoms in total. The molecule has 0 unspecified atom stereocenters. The maximum atomic E-state index is 12.5. The lowest BCUT2D eigenvalue weighted by molar-refractivity contribution is 0.318. The summed E-state index contributed by atoms with van der Waals surface area (Å²) in [5.74, 6) is 1.43. The number of ether oxygens (including phenoxy) is 2. The molecule has 0 radical (unpaired) electrons. The van der Waals surface area contributed by atoms with Crippen molar-refractivity contribution in [3.8, 4) is 11.5 Å². The van der Waals surface area contributed by atoms with Gasteiger partial charge in [0.15, 0.2) is 0 Å². The second-order valence-corrected chi connectivity index (χ2v) is 5.77. The fourth-order valence-corrected chi connectivity index (χ4v) is 2.72. The van der Waals surface area contributed by atoms with Gasteiger partial charge in [0.1, 0.15) is 24.7 Å². The summed E-state index contributed by atoms with van der Waals surface area (Å²) in [6, 6.07) is 11.4. The molecule has 0 aliphatic carbocycles. The number of rotatable bonds is 8. The van der Waals surface area contributed by atoms with E-state index in [-0.39, 0.29) is 5.56 Å². The smallest absolute Gasteiger partial charge is 0.256 e. The zero-order chi connectivity index (χ0) is 17.6. The van der Waals surface area contributed by atoms with E-state index in [9.17, 15) is 4.79 Å². The second kappa shape index (κ2) is 8.00. The predicted octanol–water partition coefficient (Wildman–Crippen LogP) is 1.88. The first kappa shape index (κ1) is 17.3. The molecule has 0 aliphatic heterocycles. The summed E-state index contributed by atoms with van der Waals surface area (Å²) < 4.78 is 11.3. The van der Waals surface area contributed by atoms with E-state index in [1.54, 1.807) is 6.07 Å². The van der Waals surface area contributed by atoms with Crippen molar-refractivity contribution in [1.82, 2.24) is 15.6 Å². The number of H-pyrrole nitrogens is 1. The lowest BCUT2D eigenvalue weighted by Gasteiger charge is -2.10. The molecule has 0 spiro atoms. The Hall–Kier alpha value is -2.57. The lowest BCUT2D eigenvalue weighted by atomic mass is 10.1. The molecule has 25 heavy (non-hydrogen) atoms. The number of nitrogens with one attached hydrogen (secondary N) is 3. The van der Waals surface area contributed by atoms with Gasteiger partial charge in [-0.2, -0.15) is 0 Å². The maximum absolute atomic E-state index is 12.5. The van der Waals surface area contributed by atoms with Crippen LogP contribution in [0.3, 0.4) is 0 Å². The van der Waals surface area contributed by atoms with Crippen molar-refractivity contribution >= 4 is 21.7 Å². The molecule has 0 fully saturated rings. The number of fused-ring (bicyclic) bond motifs is 3. The monoisotopic (exact) mass is 341 g/mol. The van der Waals surface area contributed by atoms with Crippen molar-refractivity contribution < 1.29 is 9.47 Å². The van der Waals surface area contributed by atoms with E-state index in [0.717, 1.165) is 35.1 Å². The Balaban J connectivity index is 1.96. The third-order valence-corrected chi connectivity index (χ3v) is 4.01. The molecule has 0 saturated heterocycles. The van der Waals surface area contributed by atoms with Gasteiger partial charge in [-0.15, -0.1) is 0 Å². The highest BCUT2D eigenvalue weighted by Crippen LogP contribution is 2.27. The van der Waals surface area contributed by atoms with Gasteiger partial charge >= 0.3 is 0 Å². The molecule has 0 saturated carbocycles. The molecule has 1 aromatic heterocycles. The van der Waals surface area contributed by atoms with Crippen LogP contribution in [0.25, 0.3) is 21.7 Å². The standard InChI is InChI=1S/C19H23N3O3/c1-20-7-9-24-13-3-5-15-16-6-4-14(25-10-8-21-2)12-18(16)22-19(23)17(15)11-13/h3-6,11-12,20-21H,7-10H2,1-2H3,(H,22,23). The first-order valence-electron chi connectivity index (χ1n) is 8.37. The van der Waals surface area contributed by atoms with Crippen molar-refractivity contribution in [2.75, 3.05) is 40.4 Å². The molecule has 0 atom stereocenters. The number of hydrogen-bond donors (Lipinski definition) is 3. The normalized spacial score (nSPS) is 11.1. The van der Waals surface area contributed by atoms with Crippen LogP contribution in [-0.4, -0.2) is 45.4 Å². The Morgan fingerprint density at radius 1 is 0.840 bits per heavy atom. The van der Waals surface area contributed by atoms with Crippen LogP contribution in [0.2, 0.25) is 0 Å². The van der Waals surface area contributed by atoms with Crippen LogP contribution >= 0.6 is 0 Å². The lowest BCUT2D eigenvalue weighted by Crippen LogP contribution is -2.16. The van der Waals surface area contributed by atoms with Crippen LogP contribution in [0.4, 0.5) is 0 Å². The van der Waals surface area contributed by atoms with Crippen molar-refractivity contribution in [2.45, 2.75) is 0 Å². The molecule has 6 heteroatoms. The van der Waals surface area contributed by atoms with Gasteiger partial charge in [-0.3, -0.25) is 4.79 Å². The van der Waals surface area contributed by atoms with Gasteiger partial charge in [0, 0.05) is 24.5 Å². The minimum absolute atomic E-state index is 0.131. The Bertz CT molecular complexity index is 921. The predicted molar refractivity (Wildman–Crippen MR) is 101 cm³/mol. The molecule has 3 rings (SSSR count). The minimum Gasteiger partial charge on any atom is -0.492 e. The molecule has 1 heterocycles. The quantitative estimate of drug-likeness (QED) is 0.431. The van der Waals surface area contributed by atoms with E-state index in [0.29, 0.717) is 24.3 Å². The Labute approximate surface area is 146 Å². The first-order chi connectivity index (χ1) is 12.2. The zero-order valence-electron chi connectivity index (χ0n) is 14.5. The Morgan fingerprint density at radius 2 is 1.44 bits per heavy atom. The summed E-state index contributed by atoms with van der Waals surface area (Å²) in [6.45, 7) is 2.65. The van der Waals surface area contributed by atoms with E-state index >= 15 is 0 Å². The number of aromatic nitrogens is 1. The molecule has 3 N–H and O–H groups in total. The summed E-state index contributed by atoms with van der Waals surface area (Å²) in [5.41, 5.74) is 0.636. The summed E-state index contributed by atoms with van der Waals surface area (Å²) in [4.78, 5) is 15.4. The van der Waals surface area contributed by atoms with Gasteiger partial charge < -0.3 is 25.1 Å². The molecule has 0 amide bonds. The number of aromatic amines is 1. The fourth-order valence-electron chi connectivity index (χ4n) is 2.72. The summed E-state index contributed by atoms with van der Waals surface area (Å²) in [5, 5.41) is 8.57. The number of benzene rings is 2. The third kappa shape index (κ3) is 3.92. The van der Waals surface area contributed by atoms with E-state index < -0.39 is 0 Å². The van der Waals surface area contributed by atoms with Gasteiger partial charge in [-0.05, 0) is 49.8 Å². The second-order valence-electron chi connectivity index (χ2n) is 5.77. The average molecular weight is 341 g/mol. The van der Waals surface area contributed by atoms with E-state index in [1.807, 2.05) is 44.4 Å². The van der Waals surface area contributed by atoms with Crippen LogP contribution in [0.5, 0.6) is 11.5 Å². The van der Waals surface area contributed by atoms with Gasteiger partial charge in [0.05, 0.1) is 10.9 Å². The molecular formula is C19H23N3O3. The van der Waals surface area contributed by atoms with Crippen molar-refractivity contribution in [3.63, 3.8) is 0 Å². The molecule has 3 aromatic rings. The highest BCUT2D eigenvalue weighted by molar-refractivity contribution is 6.05. The van der Waals surface area contributed by atoms with Crippen LogP contribution in [0.1, 0.15) is 0 Å². The Morgan fingerprint density at radius 3 is 2.08 bits per heavy atom. The molecule has 132 valence electrons. The third-order valence-electron chi connectivity index (χ3n) is 4.01. The maximum Gasteiger partial charge on any atom is 0.256 e. The van der Waals surface area contributed by atoms with Crippen molar-refractivity contribution in [1.29, 1.82) is 0 Å². The number of likely N-dealkylation sites (N-methyl/N-ethyl adjacent to an activating group) is 2. The Kier molecular flexibility index (Phi) is 5.53. The molecule has 0 aliphatic rings. The fraction of sp³-hybridized carbons (Fsp3) is 0.316. The molecule has 2 aromatic carbocycles. The average Bonchev–Trinajstić information content (AvgIpc) is 2.62. The SMILES string of the molecule is CNCCOc1ccc2c(c1)[nH]c(=O)c1cc(OCCNC)ccc12. The van der Waals surface area contributed by atoms with Crippen LogP contribution in [0.15, 0.2) is 41.2 Å². The number of hydrogen-bond acceptors (Lipinski definition) is 5. The summed E-state index contributed by atoms with van der Waals surface area (Å²) in [7, 11) is 3.75. The van der Waals surface area contributed by atoms with Gasteiger partial charge in [-0.25, -0.2) is 0 Å². The summed E-state index contributed by atoms with van der Waals surface area (Å²) >= 11 is 0. The van der Waals surface area contributed by atoms with Gasteiger partial charge in [-0.1, -0.05) is 0 Å². The van der Waals surface area contributed by atoms with Gasteiger partial charge in [0.25, 0.3) is 5.56 Å². The summed E-state index contributed by atoms with van der Waals surface area (Å²) in [6.07, 6.45) is 0. The molecule has 0 bridgehead atoms. The van der Waals surface area contributed by atoms with E-state index in [2.05, 4.69) is 15.6 Å². The van der Waals surface area contributed by atoms with Crippen LogP contribution in [0, 0.1) is 0 Å². The number of pyridine rings is 1. The van der Waals surface area contributed by atoms with Crippen molar-refractivity contribution in [2.24, 2.45) is 0 Å². The van der Waals surface area contributed by atoms with Crippen LogP contribution < -0.4 is 25.7 Å². The topological polar surface area (TPSA) is 75.4 Å². The highest BCUT2D eigenvalue weighted by Gasteiger charge is 2.08. The van der Waals surface area contributed by atoms with E-state index in [1.165, 1.54) is 0 Å². The highest BCUT2D eigenvalue weighted by atomic mass is 16.5. The van der Waals surface area contributed by atoms with Crippen LogP contribution in [-0.2, 0) is 0 Å². The van der Waals surface area contributed by atoms with Gasteiger partial charge in [0.2, 0.25) is 0 Å².